The van der Waals surface area contributed by atoms with Crippen LogP contribution in [-0.2, 0) is 24.7 Å². The van der Waals surface area contributed by atoms with E-state index in [4.69, 9.17) is 24.7 Å². The summed E-state index contributed by atoms with van der Waals surface area (Å²) in [6.45, 7) is 10.8. The van der Waals surface area contributed by atoms with Crippen LogP contribution in [-0.4, -0.2) is 49.1 Å². The molecule has 1 radical (unpaired) electrons. The second kappa shape index (κ2) is 4.40. The van der Waals surface area contributed by atoms with Gasteiger partial charge in [0.2, 0.25) is 0 Å². The van der Waals surface area contributed by atoms with Crippen molar-refractivity contribution >= 4 is 44.3 Å². The Hall–Kier alpha value is 0.804. The summed E-state index contributed by atoms with van der Waals surface area (Å²) in [6, 6.07) is 0. The van der Waals surface area contributed by atoms with Crippen LogP contribution in [0.5, 0.6) is 0 Å². The number of rotatable bonds is 0. The van der Waals surface area contributed by atoms with Crippen molar-refractivity contribution in [2.75, 3.05) is 0 Å². The van der Waals surface area contributed by atoms with Crippen molar-refractivity contribution < 1.29 is 29.5 Å². The van der Waals surface area contributed by atoms with Crippen LogP contribution in [0.25, 0.3) is 0 Å². The fraction of sp³-hybridized carbons (Fsp3) is 1.00. The van der Waals surface area contributed by atoms with E-state index >= 15 is 0 Å². The fourth-order valence-corrected chi connectivity index (χ4v) is 23.8. The van der Waals surface area contributed by atoms with Crippen LogP contribution >= 0.6 is 0 Å². The van der Waals surface area contributed by atoms with Crippen molar-refractivity contribution in [1.29, 1.82) is 0 Å². The van der Waals surface area contributed by atoms with Crippen LogP contribution in [0, 0.1) is 0 Å². The first-order chi connectivity index (χ1) is 7.93. The average molecular weight is 344 g/mol. The van der Waals surface area contributed by atoms with E-state index in [2.05, 4.69) is 0 Å². The van der Waals surface area contributed by atoms with Crippen molar-refractivity contribution in [2.45, 2.75) is 39.3 Å². The highest BCUT2D eigenvalue weighted by Crippen LogP contribution is 2.35. The van der Waals surface area contributed by atoms with Crippen LogP contribution in [0.3, 0.4) is 0 Å². The highest BCUT2D eigenvalue weighted by atomic mass is 28.6. The van der Waals surface area contributed by atoms with Gasteiger partial charge >= 0.3 is 44.3 Å². The van der Waals surface area contributed by atoms with Crippen LogP contribution in [0.2, 0.25) is 39.3 Å². The van der Waals surface area contributed by atoms with Crippen LogP contribution in [0.4, 0.5) is 0 Å². The lowest BCUT2D eigenvalue weighted by Crippen LogP contribution is -2.74. The third kappa shape index (κ3) is 3.47. The molecule has 0 aromatic heterocycles. The van der Waals surface area contributed by atoms with Gasteiger partial charge in [-0.05, 0) is 19.6 Å². The summed E-state index contributed by atoms with van der Waals surface area (Å²) in [5.74, 6) is 0. The van der Waals surface area contributed by atoms with Gasteiger partial charge in [-0.2, -0.15) is 0 Å². The fourth-order valence-electron chi connectivity index (χ4n) is 2.27. The summed E-state index contributed by atoms with van der Waals surface area (Å²) >= 11 is 0. The van der Waals surface area contributed by atoms with Crippen molar-refractivity contribution in [2.24, 2.45) is 0 Å². The van der Waals surface area contributed by atoms with E-state index in [1.807, 2.05) is 19.6 Å². The first-order valence-corrected chi connectivity index (χ1v) is 17.0. The molecule has 12 heteroatoms. The highest BCUT2D eigenvalue weighted by molar-refractivity contribution is 6.93. The van der Waals surface area contributed by atoms with Crippen molar-refractivity contribution in [3.8, 4) is 0 Å². The molecule has 2 bridgehead atoms. The van der Waals surface area contributed by atoms with Crippen molar-refractivity contribution in [1.82, 2.24) is 0 Å². The minimum absolute atomic E-state index is 1.52. The molecule has 0 aliphatic carbocycles. The lowest BCUT2D eigenvalue weighted by Gasteiger charge is -2.49. The minimum atomic E-state index is -3.25. The summed E-state index contributed by atoms with van der Waals surface area (Å²) in [4.78, 5) is 10.2. The first-order valence-electron chi connectivity index (χ1n) is 5.67. The number of hydrogen-bond acceptors (Lipinski definition) is 7. The van der Waals surface area contributed by atoms with Crippen molar-refractivity contribution in [3.05, 3.63) is 0 Å². The maximum absolute atomic E-state index is 10.2. The van der Waals surface area contributed by atoms with E-state index in [0.717, 1.165) is 0 Å². The van der Waals surface area contributed by atoms with Crippen LogP contribution < -0.4 is 0 Å². The summed E-state index contributed by atoms with van der Waals surface area (Å²) in [5, 5.41) is 0. The number of fused-ring (bicyclic) bond motifs is 2. The molecule has 0 spiro atoms. The molecule has 3 unspecified atom stereocenters. The zero-order valence-electron chi connectivity index (χ0n) is 11.4. The maximum Gasteiger partial charge on any atom is 0.480 e. The topological polar surface area (TPSA) is 75.6 Å². The third-order valence-corrected chi connectivity index (χ3v) is 20.4. The Morgan fingerprint density at radius 3 is 1.94 bits per heavy atom. The molecule has 2 saturated heterocycles. The number of hydrogen-bond donors (Lipinski definition) is 1. The molecule has 0 aromatic carbocycles. The summed E-state index contributed by atoms with van der Waals surface area (Å²) in [5.41, 5.74) is 0. The quantitative estimate of drug-likeness (QED) is 0.647. The lowest BCUT2D eigenvalue weighted by molar-refractivity contribution is 0.0689. The van der Waals surface area contributed by atoms with Crippen LogP contribution in [0.1, 0.15) is 0 Å². The molecular formula is C6H19O7Si5. The Morgan fingerprint density at radius 2 is 1.33 bits per heavy atom. The predicted molar refractivity (Wildman–Crippen MR) is 72.7 cm³/mol. The summed E-state index contributed by atoms with van der Waals surface area (Å²) in [6.07, 6.45) is 0. The largest absolute Gasteiger partial charge is 0.480 e. The van der Waals surface area contributed by atoms with E-state index in [-0.39, 0.29) is 0 Å². The second-order valence-electron chi connectivity index (χ2n) is 5.13. The molecule has 7 nitrogen and oxygen atoms in total. The monoisotopic (exact) mass is 343 g/mol. The SMILES string of the molecule is C[Si]1O[Si](C)(C)O[Si]2(C)O[Si](C)(O)O[Si](C)(O1)O2. The van der Waals surface area contributed by atoms with Gasteiger partial charge in [0.05, 0.1) is 0 Å². The van der Waals surface area contributed by atoms with Gasteiger partial charge in [0.1, 0.15) is 0 Å². The summed E-state index contributed by atoms with van der Waals surface area (Å²) in [7, 11) is -13.0. The zero-order valence-corrected chi connectivity index (χ0v) is 16.4. The van der Waals surface area contributed by atoms with Gasteiger partial charge in [-0.1, -0.05) is 0 Å². The minimum Gasteiger partial charge on any atom is -0.415 e. The standard InChI is InChI=1S/C6H19O7Si5/c1-14-8-15(2,3)10-18(6)12-16(4,7)11-17(5,9-14)13-18/h7H,1-6H3. The first kappa shape index (κ1) is 15.2. The predicted octanol–water partition coefficient (Wildman–Crippen LogP) is 0.631. The lowest BCUT2D eigenvalue weighted by atomic mass is 11.9. The Kier molecular flexibility index (Phi) is 3.71. The molecule has 2 fully saturated rings. The molecule has 2 heterocycles. The Labute approximate surface area is 113 Å². The van der Waals surface area contributed by atoms with E-state index in [1.165, 1.54) is 0 Å². The molecule has 18 heavy (non-hydrogen) atoms. The smallest absolute Gasteiger partial charge is 0.415 e. The van der Waals surface area contributed by atoms with Gasteiger partial charge in [-0.3, -0.25) is 0 Å². The molecule has 0 saturated carbocycles. The molecule has 2 aliphatic heterocycles. The molecule has 3 atom stereocenters. The molecule has 105 valence electrons. The Balaban J connectivity index is 2.34. The van der Waals surface area contributed by atoms with E-state index in [9.17, 15) is 4.80 Å². The normalized spacial score (nSPS) is 49.5. The molecule has 0 amide bonds. The molecular weight excluding hydrogens is 324 g/mol. The highest BCUT2D eigenvalue weighted by Gasteiger charge is 2.64. The third-order valence-electron chi connectivity index (χ3n) is 2.27. The molecule has 1 N–H and O–H groups in total. The van der Waals surface area contributed by atoms with Gasteiger partial charge in [0, 0.05) is 19.6 Å². The van der Waals surface area contributed by atoms with E-state index < -0.39 is 44.3 Å². The van der Waals surface area contributed by atoms with Gasteiger partial charge in [-0.25, -0.2) is 0 Å². The average Bonchev–Trinajstić information content (AvgIpc) is 1.88. The van der Waals surface area contributed by atoms with Gasteiger partial charge in [0.15, 0.2) is 0 Å². The van der Waals surface area contributed by atoms with E-state index in [0.29, 0.717) is 0 Å². The molecule has 2 aliphatic rings. The van der Waals surface area contributed by atoms with Crippen LogP contribution in [0.15, 0.2) is 0 Å². The second-order valence-corrected chi connectivity index (χ2v) is 19.1. The van der Waals surface area contributed by atoms with Gasteiger partial charge in [0.25, 0.3) is 0 Å². The van der Waals surface area contributed by atoms with Gasteiger partial charge < -0.3 is 29.5 Å². The van der Waals surface area contributed by atoms with Gasteiger partial charge in [-0.15, -0.1) is 0 Å². The Bertz CT molecular complexity index is 347. The zero-order chi connectivity index (χ0) is 13.8. The molecule has 2 rings (SSSR count). The van der Waals surface area contributed by atoms with Crippen molar-refractivity contribution in [3.63, 3.8) is 0 Å². The van der Waals surface area contributed by atoms with E-state index in [1.54, 1.807) is 19.6 Å². The Morgan fingerprint density at radius 1 is 0.778 bits per heavy atom. The molecule has 0 aromatic rings. The maximum atomic E-state index is 10.2. The summed E-state index contributed by atoms with van der Waals surface area (Å²) < 4.78 is 34.7.